The van der Waals surface area contributed by atoms with Crippen LogP contribution in [0.5, 0.6) is 17.2 Å². The molecule has 4 rings (SSSR count). The largest absolute Gasteiger partial charge is 0.496 e. The number of hydrogen-bond acceptors (Lipinski definition) is 9. The van der Waals surface area contributed by atoms with Crippen LogP contribution in [0.4, 0.5) is 5.69 Å². The topological polar surface area (TPSA) is 129 Å². The average molecular weight is 529 g/mol. The molecular formula is C26H25ClN2O8. The number of fused-ring (bicyclic) bond motifs is 1. The Morgan fingerprint density at radius 3 is 2.38 bits per heavy atom. The predicted molar refractivity (Wildman–Crippen MR) is 134 cm³/mol. The first-order chi connectivity index (χ1) is 17.7. The summed E-state index contributed by atoms with van der Waals surface area (Å²) in [6.07, 6.45) is 1.55. The Balaban J connectivity index is 1.47. The second-order valence-corrected chi connectivity index (χ2v) is 8.95. The Morgan fingerprint density at radius 1 is 1.11 bits per heavy atom. The van der Waals surface area contributed by atoms with Gasteiger partial charge in [-0.2, -0.15) is 0 Å². The summed E-state index contributed by atoms with van der Waals surface area (Å²) in [5.74, 6) is -2.03. The van der Waals surface area contributed by atoms with E-state index in [9.17, 15) is 19.2 Å². The number of nitrogens with one attached hydrogen (secondary N) is 2. The second-order valence-electron chi connectivity index (χ2n) is 8.58. The van der Waals surface area contributed by atoms with Crippen molar-refractivity contribution in [3.63, 3.8) is 0 Å². The van der Waals surface area contributed by atoms with Crippen LogP contribution < -0.4 is 24.8 Å². The fourth-order valence-corrected chi connectivity index (χ4v) is 4.72. The van der Waals surface area contributed by atoms with Gasteiger partial charge >= 0.3 is 5.97 Å². The summed E-state index contributed by atoms with van der Waals surface area (Å²) in [5, 5.41) is 5.73. The third kappa shape index (κ3) is 4.48. The van der Waals surface area contributed by atoms with Crippen molar-refractivity contribution in [3.05, 3.63) is 58.3 Å². The number of carbonyl (C=O) groups excluding carboxylic acids is 4. The monoisotopic (exact) mass is 528 g/mol. The molecule has 2 aliphatic rings. The van der Waals surface area contributed by atoms with Crippen LogP contribution in [0.25, 0.3) is 0 Å². The average Bonchev–Trinajstić information content (AvgIpc) is 3.21. The number of rotatable bonds is 7. The highest BCUT2D eigenvalue weighted by Gasteiger charge is 2.60. The van der Waals surface area contributed by atoms with E-state index in [-0.39, 0.29) is 46.7 Å². The molecule has 2 atom stereocenters. The molecule has 2 aromatic carbocycles. The molecule has 11 heteroatoms. The van der Waals surface area contributed by atoms with Crippen LogP contribution in [-0.4, -0.2) is 56.9 Å². The van der Waals surface area contributed by atoms with Crippen molar-refractivity contribution in [1.29, 1.82) is 0 Å². The van der Waals surface area contributed by atoms with E-state index < -0.39 is 29.1 Å². The van der Waals surface area contributed by atoms with Crippen LogP contribution in [0.1, 0.15) is 34.1 Å². The lowest BCUT2D eigenvalue weighted by atomic mass is 9.74. The van der Waals surface area contributed by atoms with Gasteiger partial charge in [-0.1, -0.05) is 18.5 Å². The van der Waals surface area contributed by atoms with Crippen LogP contribution in [0.15, 0.2) is 42.1 Å². The summed E-state index contributed by atoms with van der Waals surface area (Å²) >= 11 is 6.39. The Bertz CT molecular complexity index is 1320. The minimum absolute atomic E-state index is 0.0467. The highest BCUT2D eigenvalue weighted by atomic mass is 35.5. The summed E-state index contributed by atoms with van der Waals surface area (Å²) in [7, 11) is 4.10. The van der Waals surface area contributed by atoms with Gasteiger partial charge in [0.05, 0.1) is 33.4 Å². The summed E-state index contributed by atoms with van der Waals surface area (Å²) < 4.78 is 21.2. The van der Waals surface area contributed by atoms with Gasteiger partial charge in [0.2, 0.25) is 23.1 Å². The molecule has 0 fully saturated rings. The maximum Gasteiger partial charge on any atom is 0.337 e. The van der Waals surface area contributed by atoms with Gasteiger partial charge in [-0.3, -0.25) is 14.4 Å². The number of esters is 1. The Morgan fingerprint density at radius 2 is 1.78 bits per heavy atom. The van der Waals surface area contributed by atoms with E-state index >= 15 is 0 Å². The summed E-state index contributed by atoms with van der Waals surface area (Å²) in [6.45, 7) is 1.60. The number of hydrogen-bond donors (Lipinski definition) is 2. The third-order valence-electron chi connectivity index (χ3n) is 6.38. The minimum Gasteiger partial charge on any atom is -0.496 e. The van der Waals surface area contributed by atoms with E-state index in [1.807, 2.05) is 0 Å². The van der Waals surface area contributed by atoms with Gasteiger partial charge in [0.25, 0.3) is 0 Å². The maximum atomic E-state index is 13.5. The molecule has 10 nitrogen and oxygen atoms in total. The Kier molecular flexibility index (Phi) is 7.13. The smallest absolute Gasteiger partial charge is 0.337 e. The normalized spacial score (nSPS) is 20.0. The van der Waals surface area contributed by atoms with E-state index in [1.54, 1.807) is 19.1 Å². The fourth-order valence-electron chi connectivity index (χ4n) is 4.46. The molecule has 0 saturated carbocycles. The molecular weight excluding hydrogens is 504 g/mol. The van der Waals surface area contributed by atoms with Crippen LogP contribution in [0, 0.1) is 5.92 Å². The van der Waals surface area contributed by atoms with Crippen LogP contribution in [0.2, 0.25) is 5.02 Å². The van der Waals surface area contributed by atoms with E-state index in [2.05, 4.69) is 15.4 Å². The lowest BCUT2D eigenvalue weighted by Crippen LogP contribution is -2.55. The second kappa shape index (κ2) is 10.1. The first-order valence-electron chi connectivity index (χ1n) is 11.3. The van der Waals surface area contributed by atoms with Gasteiger partial charge in [0, 0.05) is 29.4 Å². The first-order valence-corrected chi connectivity index (χ1v) is 11.7. The number of carbonyl (C=O) groups is 4. The quantitative estimate of drug-likeness (QED) is 0.411. The number of ether oxygens (including phenoxy) is 4. The molecule has 194 valence electrons. The molecule has 1 aliphatic carbocycles. The zero-order valence-corrected chi connectivity index (χ0v) is 21.4. The lowest BCUT2D eigenvalue weighted by molar-refractivity contribution is -0.129. The number of methoxy groups -OCH3 is 3. The number of Topliss-reactive ketones (excluding diaryl/α,β-unsaturated/α-hetero) is 1. The SMILES string of the molecule is COC(=O)c1ccc(NC(=O)CNC2=CC(=O)[C@@]3(Oc4c(Cl)c(OC)cc(OC)c4C3=O)[C@H](C)C2)cc1. The number of anilines is 1. The highest BCUT2D eigenvalue weighted by Crippen LogP contribution is 2.52. The lowest BCUT2D eigenvalue weighted by Gasteiger charge is -2.35. The summed E-state index contributed by atoms with van der Waals surface area (Å²) in [4.78, 5) is 50.8. The standard InChI is InChI=1S/C26H25ClN2O8/c1-13-9-16(28-12-20(31)29-15-7-5-14(6-8-15)25(33)36-4)10-19(30)26(13)24(32)21-17(34-2)11-18(35-3)22(27)23(21)37-26/h5-8,10-11,13,28H,9,12H2,1-4H3,(H,29,31)/t13-,26+/m1/s1. The third-order valence-corrected chi connectivity index (χ3v) is 6.73. The highest BCUT2D eigenvalue weighted by molar-refractivity contribution is 6.36. The Hall–Kier alpha value is -4.05. The first kappa shape index (κ1) is 26.0. The van der Waals surface area contributed by atoms with Crippen molar-refractivity contribution < 1.29 is 38.1 Å². The zero-order valence-electron chi connectivity index (χ0n) is 20.6. The van der Waals surface area contributed by atoms with Crippen LogP contribution in [0.3, 0.4) is 0 Å². The molecule has 1 amide bonds. The molecule has 37 heavy (non-hydrogen) atoms. The van der Waals surface area contributed by atoms with Crippen LogP contribution >= 0.6 is 11.6 Å². The van der Waals surface area contributed by atoms with Gasteiger partial charge in [-0.05, 0) is 30.7 Å². The van der Waals surface area contributed by atoms with Crippen molar-refractivity contribution in [2.75, 3.05) is 33.2 Å². The van der Waals surface area contributed by atoms with Gasteiger partial charge in [0.15, 0.2) is 5.75 Å². The Labute approximate surface area is 217 Å². The molecule has 0 bridgehead atoms. The molecule has 2 N–H and O–H groups in total. The molecule has 1 aliphatic heterocycles. The predicted octanol–water partition coefficient (Wildman–Crippen LogP) is 3.18. The molecule has 0 saturated heterocycles. The number of allylic oxidation sites excluding steroid dienone is 1. The van der Waals surface area contributed by atoms with Crippen molar-refractivity contribution in [3.8, 4) is 17.2 Å². The van der Waals surface area contributed by atoms with Gasteiger partial charge in [-0.25, -0.2) is 4.79 Å². The molecule has 2 aromatic rings. The van der Waals surface area contributed by atoms with Crippen LogP contribution in [-0.2, 0) is 14.3 Å². The number of halogens is 1. The van der Waals surface area contributed by atoms with Gasteiger partial charge in [-0.15, -0.1) is 0 Å². The molecule has 0 aromatic heterocycles. The number of ketones is 2. The molecule has 0 radical (unpaired) electrons. The molecule has 0 unspecified atom stereocenters. The van der Waals surface area contributed by atoms with Gasteiger partial charge < -0.3 is 29.6 Å². The van der Waals surface area contributed by atoms with E-state index in [4.69, 9.17) is 25.8 Å². The summed E-state index contributed by atoms with van der Waals surface area (Å²) in [6, 6.07) is 7.70. The van der Waals surface area contributed by atoms with Crippen molar-refractivity contribution in [2.24, 2.45) is 5.92 Å². The van der Waals surface area contributed by atoms with Crippen molar-refractivity contribution in [1.82, 2.24) is 5.32 Å². The maximum absolute atomic E-state index is 13.5. The van der Waals surface area contributed by atoms with E-state index in [1.165, 1.54) is 45.6 Å². The molecule has 1 heterocycles. The number of benzene rings is 2. The van der Waals surface area contributed by atoms with E-state index in [0.29, 0.717) is 16.9 Å². The van der Waals surface area contributed by atoms with Gasteiger partial charge in [0.1, 0.15) is 22.1 Å². The molecule has 1 spiro atoms. The van der Waals surface area contributed by atoms with Crippen molar-refractivity contribution >= 4 is 40.7 Å². The number of amides is 1. The zero-order chi connectivity index (χ0) is 26.9. The van der Waals surface area contributed by atoms with E-state index in [0.717, 1.165) is 0 Å². The van der Waals surface area contributed by atoms with Crippen molar-refractivity contribution in [2.45, 2.75) is 18.9 Å². The fraction of sp³-hybridized carbons (Fsp3) is 0.308. The minimum atomic E-state index is -1.79. The summed E-state index contributed by atoms with van der Waals surface area (Å²) in [5.41, 5.74) is -0.362.